The number of aromatic nitrogens is 1. The molecule has 0 atom stereocenters. The van der Waals surface area contributed by atoms with E-state index in [2.05, 4.69) is 5.32 Å². The molecule has 0 bridgehead atoms. The standard InChI is InChI=1S/C19H18N2O2/c1-12-7-6-9-16(13(12)2)20-19(23)15-11-21(3)17-10-5-4-8-14(17)18(15)22/h4-11H,1-3H3,(H,20,23). The van der Waals surface area contributed by atoms with Gasteiger partial charge in [-0.2, -0.15) is 0 Å². The van der Waals surface area contributed by atoms with E-state index in [-0.39, 0.29) is 16.9 Å². The molecule has 0 unspecified atom stereocenters. The number of hydrogen-bond donors (Lipinski definition) is 1. The summed E-state index contributed by atoms with van der Waals surface area (Å²) in [6.07, 6.45) is 1.59. The highest BCUT2D eigenvalue weighted by Crippen LogP contribution is 2.19. The Kier molecular flexibility index (Phi) is 3.74. The van der Waals surface area contributed by atoms with Gasteiger partial charge in [-0.1, -0.05) is 24.3 Å². The quantitative estimate of drug-likeness (QED) is 0.789. The molecule has 1 N–H and O–H groups in total. The van der Waals surface area contributed by atoms with Gasteiger partial charge in [0.05, 0.1) is 5.52 Å². The van der Waals surface area contributed by atoms with Gasteiger partial charge in [0.2, 0.25) is 5.43 Å². The second-order valence-electron chi connectivity index (χ2n) is 5.70. The minimum Gasteiger partial charge on any atom is -0.350 e. The lowest BCUT2D eigenvalue weighted by molar-refractivity contribution is 0.102. The molecule has 0 spiro atoms. The van der Waals surface area contributed by atoms with Gasteiger partial charge in [-0.3, -0.25) is 9.59 Å². The highest BCUT2D eigenvalue weighted by atomic mass is 16.2. The largest absolute Gasteiger partial charge is 0.350 e. The van der Waals surface area contributed by atoms with E-state index in [1.54, 1.807) is 22.9 Å². The van der Waals surface area contributed by atoms with Crippen LogP contribution in [0, 0.1) is 13.8 Å². The molecule has 3 rings (SSSR count). The van der Waals surface area contributed by atoms with Crippen molar-refractivity contribution in [1.29, 1.82) is 0 Å². The van der Waals surface area contributed by atoms with Crippen LogP contribution in [0.15, 0.2) is 53.5 Å². The number of carbonyl (C=O) groups is 1. The normalized spacial score (nSPS) is 10.7. The molecule has 3 aromatic rings. The minimum absolute atomic E-state index is 0.145. The van der Waals surface area contributed by atoms with Crippen LogP contribution in [0.3, 0.4) is 0 Å². The van der Waals surface area contributed by atoms with Crippen molar-refractivity contribution in [2.75, 3.05) is 5.32 Å². The summed E-state index contributed by atoms with van der Waals surface area (Å²) in [6.45, 7) is 3.93. The molecule has 0 radical (unpaired) electrons. The number of hydrogen-bond acceptors (Lipinski definition) is 2. The first-order chi connectivity index (χ1) is 11.0. The monoisotopic (exact) mass is 306 g/mol. The minimum atomic E-state index is -0.384. The molecule has 0 aliphatic rings. The van der Waals surface area contributed by atoms with Crippen molar-refractivity contribution in [3.05, 3.63) is 75.6 Å². The number of pyridine rings is 1. The summed E-state index contributed by atoms with van der Waals surface area (Å²) < 4.78 is 1.80. The zero-order valence-electron chi connectivity index (χ0n) is 13.4. The molecule has 0 aliphatic carbocycles. The Morgan fingerprint density at radius 1 is 1.04 bits per heavy atom. The Bertz CT molecular complexity index is 971. The van der Waals surface area contributed by atoms with E-state index in [1.165, 1.54) is 0 Å². The van der Waals surface area contributed by atoms with Gasteiger partial charge < -0.3 is 9.88 Å². The molecule has 23 heavy (non-hydrogen) atoms. The number of rotatable bonds is 2. The number of fused-ring (bicyclic) bond motifs is 1. The molecule has 4 nitrogen and oxygen atoms in total. The number of carbonyl (C=O) groups excluding carboxylic acids is 1. The fraction of sp³-hybridized carbons (Fsp3) is 0.158. The van der Waals surface area contributed by atoms with E-state index in [0.29, 0.717) is 5.39 Å². The number of benzene rings is 2. The van der Waals surface area contributed by atoms with E-state index in [9.17, 15) is 9.59 Å². The van der Waals surface area contributed by atoms with Crippen molar-refractivity contribution >= 4 is 22.5 Å². The van der Waals surface area contributed by atoms with Gasteiger partial charge in [0, 0.05) is 24.3 Å². The summed E-state index contributed by atoms with van der Waals surface area (Å²) in [4.78, 5) is 25.2. The molecule has 2 aromatic carbocycles. The maximum absolute atomic E-state index is 12.6. The summed E-state index contributed by atoms with van der Waals surface area (Å²) in [5.41, 5.74) is 3.52. The van der Waals surface area contributed by atoms with E-state index in [4.69, 9.17) is 0 Å². The molecule has 4 heteroatoms. The van der Waals surface area contributed by atoms with Gasteiger partial charge >= 0.3 is 0 Å². The summed E-state index contributed by atoms with van der Waals surface area (Å²) in [5.74, 6) is -0.384. The molecule has 1 heterocycles. The van der Waals surface area contributed by atoms with E-state index < -0.39 is 0 Å². The van der Waals surface area contributed by atoms with Crippen molar-refractivity contribution in [3.8, 4) is 0 Å². The molecule has 0 saturated carbocycles. The first-order valence-electron chi connectivity index (χ1n) is 7.45. The molecule has 1 aromatic heterocycles. The van der Waals surface area contributed by atoms with Crippen LogP contribution in [0.5, 0.6) is 0 Å². The third kappa shape index (κ3) is 2.63. The Labute approximate surface area is 134 Å². The first kappa shape index (κ1) is 15.0. The smallest absolute Gasteiger partial charge is 0.261 e. The summed E-state index contributed by atoms with van der Waals surface area (Å²) >= 11 is 0. The van der Waals surface area contributed by atoms with Crippen molar-refractivity contribution in [2.45, 2.75) is 13.8 Å². The molecule has 1 amide bonds. The van der Waals surface area contributed by atoms with E-state index in [1.807, 2.05) is 51.2 Å². The summed E-state index contributed by atoms with van der Waals surface area (Å²) in [5, 5.41) is 3.39. The maximum Gasteiger partial charge on any atom is 0.261 e. The molecule has 0 fully saturated rings. The second-order valence-corrected chi connectivity index (χ2v) is 5.70. The summed E-state index contributed by atoms with van der Waals surface area (Å²) in [7, 11) is 1.83. The average Bonchev–Trinajstić information content (AvgIpc) is 2.55. The van der Waals surface area contributed by atoms with Crippen molar-refractivity contribution in [3.63, 3.8) is 0 Å². The fourth-order valence-corrected chi connectivity index (χ4v) is 2.68. The van der Waals surface area contributed by atoms with E-state index in [0.717, 1.165) is 22.3 Å². The molecule has 0 aliphatic heterocycles. The van der Waals surface area contributed by atoms with Gasteiger partial charge in [0.25, 0.3) is 5.91 Å². The van der Waals surface area contributed by atoms with Gasteiger partial charge in [-0.05, 0) is 43.2 Å². The SMILES string of the molecule is Cc1cccc(NC(=O)c2cn(C)c3ccccc3c2=O)c1C. The number of nitrogens with zero attached hydrogens (tertiary/aromatic N) is 1. The maximum atomic E-state index is 12.6. The Hall–Kier alpha value is -2.88. The molecule has 0 saturated heterocycles. The highest BCUT2D eigenvalue weighted by molar-refractivity contribution is 6.06. The fourth-order valence-electron chi connectivity index (χ4n) is 2.68. The van der Waals surface area contributed by atoms with Crippen LogP contribution in [0.25, 0.3) is 10.9 Å². The third-order valence-corrected chi connectivity index (χ3v) is 4.19. The lowest BCUT2D eigenvalue weighted by atomic mass is 10.1. The lowest BCUT2D eigenvalue weighted by Crippen LogP contribution is -2.23. The zero-order chi connectivity index (χ0) is 16.6. The van der Waals surface area contributed by atoms with Crippen LogP contribution in [0.2, 0.25) is 0 Å². The average molecular weight is 306 g/mol. The first-order valence-corrected chi connectivity index (χ1v) is 7.45. The third-order valence-electron chi connectivity index (χ3n) is 4.19. The van der Waals surface area contributed by atoms with Crippen LogP contribution in [-0.4, -0.2) is 10.5 Å². The molecular formula is C19H18N2O2. The number of anilines is 1. The van der Waals surface area contributed by atoms with Gasteiger partial charge in [0.15, 0.2) is 0 Å². The lowest BCUT2D eigenvalue weighted by Gasteiger charge is -2.12. The Morgan fingerprint density at radius 2 is 1.78 bits per heavy atom. The molecule has 116 valence electrons. The van der Waals surface area contributed by atoms with Crippen LogP contribution in [-0.2, 0) is 7.05 Å². The Balaban J connectivity index is 2.07. The number of para-hydroxylation sites is 1. The number of nitrogens with one attached hydrogen (secondary N) is 1. The highest BCUT2D eigenvalue weighted by Gasteiger charge is 2.15. The zero-order valence-corrected chi connectivity index (χ0v) is 13.4. The molecular weight excluding hydrogens is 288 g/mol. The van der Waals surface area contributed by atoms with E-state index >= 15 is 0 Å². The van der Waals surface area contributed by atoms with Gasteiger partial charge in [-0.15, -0.1) is 0 Å². The van der Waals surface area contributed by atoms with Crippen molar-refractivity contribution in [1.82, 2.24) is 4.57 Å². The van der Waals surface area contributed by atoms with Crippen LogP contribution < -0.4 is 10.7 Å². The van der Waals surface area contributed by atoms with Crippen molar-refractivity contribution in [2.24, 2.45) is 7.05 Å². The van der Waals surface area contributed by atoms with Gasteiger partial charge in [-0.25, -0.2) is 0 Å². The number of aryl methyl sites for hydroxylation is 2. The second kappa shape index (κ2) is 5.72. The summed E-state index contributed by atoms with van der Waals surface area (Å²) in [6, 6.07) is 13.0. The van der Waals surface area contributed by atoms with Crippen LogP contribution >= 0.6 is 0 Å². The predicted octanol–water partition coefficient (Wildman–Crippen LogP) is 3.41. The topological polar surface area (TPSA) is 51.1 Å². The predicted molar refractivity (Wildman–Crippen MR) is 93.1 cm³/mol. The van der Waals surface area contributed by atoms with Gasteiger partial charge in [0.1, 0.15) is 5.56 Å². The number of amides is 1. The van der Waals surface area contributed by atoms with Crippen LogP contribution in [0.4, 0.5) is 5.69 Å². The Morgan fingerprint density at radius 3 is 2.57 bits per heavy atom. The van der Waals surface area contributed by atoms with Crippen molar-refractivity contribution < 1.29 is 4.79 Å². The van der Waals surface area contributed by atoms with Crippen LogP contribution in [0.1, 0.15) is 21.5 Å².